The Bertz CT molecular complexity index is 462. The summed E-state index contributed by atoms with van der Waals surface area (Å²) in [6.07, 6.45) is 0. The van der Waals surface area contributed by atoms with Crippen LogP contribution in [0.2, 0.25) is 0 Å². The van der Waals surface area contributed by atoms with Crippen LogP contribution in [0.1, 0.15) is 0 Å². The molecule has 0 saturated heterocycles. The third kappa shape index (κ3) is 1.55. The van der Waals surface area contributed by atoms with Crippen molar-refractivity contribution in [1.82, 2.24) is 0 Å². The number of rotatable bonds is 1. The van der Waals surface area contributed by atoms with Gasteiger partial charge in [-0.2, -0.15) is 0 Å². The van der Waals surface area contributed by atoms with Gasteiger partial charge in [-0.15, -0.1) is 0 Å². The second kappa shape index (κ2) is 3.85. The number of non-ortho nitro benzene ring substituents is 1. The summed E-state index contributed by atoms with van der Waals surface area (Å²) in [5.74, 6) is 0. The molecule has 0 fully saturated rings. The van der Waals surface area contributed by atoms with Gasteiger partial charge in [-0.3, -0.25) is 10.1 Å². The van der Waals surface area contributed by atoms with Gasteiger partial charge in [-0.25, -0.2) is 0 Å². The van der Waals surface area contributed by atoms with Crippen LogP contribution in [-0.4, -0.2) is 10.4 Å². The Morgan fingerprint density at radius 2 is 1.64 bits per heavy atom. The first-order valence-electron chi connectivity index (χ1n) is 3.91. The van der Waals surface area contributed by atoms with E-state index in [4.69, 9.17) is 0 Å². The third-order valence-corrected chi connectivity index (χ3v) is 1.96. The molecule has 0 atom stereocenters. The minimum Gasteiger partial charge on any atom is -0.412 e. The minimum atomic E-state index is -0.359. The van der Waals surface area contributed by atoms with E-state index in [0.717, 1.165) is 5.39 Å². The molecule has 0 radical (unpaired) electrons. The van der Waals surface area contributed by atoms with Crippen molar-refractivity contribution in [2.45, 2.75) is 0 Å². The number of nitrogens with zero attached hydrogens (tertiary/aromatic N) is 1. The van der Waals surface area contributed by atoms with E-state index in [1.807, 2.05) is 18.2 Å². The Balaban J connectivity index is 0.000000980. The van der Waals surface area contributed by atoms with Gasteiger partial charge in [0, 0.05) is 6.07 Å². The van der Waals surface area contributed by atoms with Crippen LogP contribution in [0.4, 0.5) is 5.69 Å². The average molecular weight is 191 g/mol. The van der Waals surface area contributed by atoms with Crippen molar-refractivity contribution in [2.24, 2.45) is 0 Å². The van der Waals surface area contributed by atoms with E-state index in [1.165, 1.54) is 6.07 Å². The zero-order valence-electron chi connectivity index (χ0n) is 7.31. The van der Waals surface area contributed by atoms with E-state index < -0.39 is 0 Å². The number of nitro benzene ring substituents is 1. The first kappa shape index (κ1) is 10.1. The molecule has 2 aromatic carbocycles. The predicted octanol–water partition coefficient (Wildman–Crippen LogP) is 1.92. The van der Waals surface area contributed by atoms with Crippen LogP contribution in [0.5, 0.6) is 0 Å². The van der Waals surface area contributed by atoms with Gasteiger partial charge < -0.3 is 5.48 Å². The smallest absolute Gasteiger partial charge is 0.277 e. The van der Waals surface area contributed by atoms with Crippen molar-refractivity contribution >= 4 is 16.5 Å². The fourth-order valence-electron chi connectivity index (χ4n) is 1.37. The monoisotopic (exact) mass is 191 g/mol. The topological polar surface area (TPSA) is 74.6 Å². The Morgan fingerprint density at radius 3 is 2.36 bits per heavy atom. The molecule has 0 aliphatic rings. The lowest BCUT2D eigenvalue weighted by atomic mass is 10.1. The Kier molecular flexibility index (Phi) is 2.79. The molecule has 0 amide bonds. The highest BCUT2D eigenvalue weighted by Gasteiger charge is 2.08. The van der Waals surface area contributed by atoms with Gasteiger partial charge in [0.2, 0.25) is 0 Å². The van der Waals surface area contributed by atoms with Gasteiger partial charge >= 0.3 is 0 Å². The number of benzene rings is 2. The Morgan fingerprint density at radius 1 is 1.00 bits per heavy atom. The average Bonchev–Trinajstić information content (AvgIpc) is 2.17. The summed E-state index contributed by atoms with van der Waals surface area (Å²) in [7, 11) is 0. The molecule has 4 heteroatoms. The van der Waals surface area contributed by atoms with Crippen LogP contribution in [-0.2, 0) is 0 Å². The maximum atomic E-state index is 10.6. The van der Waals surface area contributed by atoms with Crippen molar-refractivity contribution in [1.29, 1.82) is 0 Å². The van der Waals surface area contributed by atoms with E-state index in [1.54, 1.807) is 18.2 Å². The zero-order chi connectivity index (χ0) is 9.26. The SMILES string of the molecule is O.O=[N+]([O-])c1cccc2ccccc12. The van der Waals surface area contributed by atoms with Crippen LogP contribution < -0.4 is 0 Å². The number of fused-ring (bicyclic) bond motifs is 1. The highest BCUT2D eigenvalue weighted by Crippen LogP contribution is 2.24. The van der Waals surface area contributed by atoms with Crippen molar-refractivity contribution in [3.05, 3.63) is 52.6 Å². The maximum absolute atomic E-state index is 10.6. The van der Waals surface area contributed by atoms with Crippen molar-refractivity contribution in [3.63, 3.8) is 0 Å². The van der Waals surface area contributed by atoms with E-state index in [0.29, 0.717) is 5.39 Å². The molecule has 2 rings (SSSR count). The predicted molar refractivity (Wildman–Crippen MR) is 54.2 cm³/mol. The van der Waals surface area contributed by atoms with Crippen molar-refractivity contribution in [3.8, 4) is 0 Å². The van der Waals surface area contributed by atoms with Gasteiger partial charge in [-0.05, 0) is 11.5 Å². The van der Waals surface area contributed by atoms with Crippen molar-refractivity contribution < 1.29 is 10.4 Å². The molecule has 72 valence electrons. The van der Waals surface area contributed by atoms with Gasteiger partial charge in [-0.1, -0.05) is 30.3 Å². The molecule has 0 heterocycles. The van der Waals surface area contributed by atoms with Gasteiger partial charge in [0.25, 0.3) is 5.69 Å². The molecule has 2 aromatic rings. The second-order valence-electron chi connectivity index (χ2n) is 2.76. The number of hydrogen-bond acceptors (Lipinski definition) is 2. The van der Waals surface area contributed by atoms with Crippen LogP contribution in [0.3, 0.4) is 0 Å². The summed E-state index contributed by atoms with van der Waals surface area (Å²) in [4.78, 5) is 10.3. The minimum absolute atomic E-state index is 0. The van der Waals surface area contributed by atoms with E-state index in [-0.39, 0.29) is 16.1 Å². The van der Waals surface area contributed by atoms with E-state index in [9.17, 15) is 10.1 Å². The maximum Gasteiger partial charge on any atom is 0.277 e. The summed E-state index contributed by atoms with van der Waals surface area (Å²) >= 11 is 0. The standard InChI is InChI=1S/C10H7NO2.H2O/c12-11(13)10-7-3-5-8-4-1-2-6-9(8)10;/h1-7H;1H2. The molecule has 4 nitrogen and oxygen atoms in total. The summed E-state index contributed by atoms with van der Waals surface area (Å²) in [6.45, 7) is 0. The van der Waals surface area contributed by atoms with Crippen LogP contribution >= 0.6 is 0 Å². The molecule has 0 aromatic heterocycles. The van der Waals surface area contributed by atoms with Gasteiger partial charge in [0.15, 0.2) is 0 Å². The molecule has 0 saturated carbocycles. The third-order valence-electron chi connectivity index (χ3n) is 1.96. The fourth-order valence-corrected chi connectivity index (χ4v) is 1.37. The van der Waals surface area contributed by atoms with Crippen LogP contribution in [0.15, 0.2) is 42.5 Å². The lowest BCUT2D eigenvalue weighted by molar-refractivity contribution is -0.383. The second-order valence-corrected chi connectivity index (χ2v) is 2.76. The molecule has 0 aliphatic carbocycles. The summed E-state index contributed by atoms with van der Waals surface area (Å²) in [5.41, 5.74) is 0.165. The first-order chi connectivity index (χ1) is 6.29. The molecular formula is C10H9NO3. The molecular weight excluding hydrogens is 182 g/mol. The normalized spacial score (nSPS) is 9.43. The molecule has 0 spiro atoms. The van der Waals surface area contributed by atoms with Crippen molar-refractivity contribution in [2.75, 3.05) is 0 Å². The quantitative estimate of drug-likeness (QED) is 0.510. The fraction of sp³-hybridized carbons (Fsp3) is 0. The number of hydrogen-bond donors (Lipinski definition) is 0. The molecule has 0 unspecified atom stereocenters. The zero-order valence-corrected chi connectivity index (χ0v) is 7.31. The highest BCUT2D eigenvalue weighted by atomic mass is 16.6. The molecule has 0 aliphatic heterocycles. The van der Waals surface area contributed by atoms with Crippen LogP contribution in [0, 0.1) is 10.1 Å². The lowest BCUT2D eigenvalue weighted by Gasteiger charge is -1.97. The van der Waals surface area contributed by atoms with E-state index in [2.05, 4.69) is 0 Å². The van der Waals surface area contributed by atoms with Gasteiger partial charge in [0.1, 0.15) is 0 Å². The number of nitro groups is 1. The largest absolute Gasteiger partial charge is 0.412 e. The highest BCUT2D eigenvalue weighted by molar-refractivity contribution is 5.90. The van der Waals surface area contributed by atoms with Crippen LogP contribution in [0.25, 0.3) is 10.8 Å². The molecule has 0 bridgehead atoms. The summed E-state index contributed by atoms with van der Waals surface area (Å²) in [5, 5.41) is 12.2. The Hall–Kier alpha value is -1.94. The molecule has 2 N–H and O–H groups in total. The summed E-state index contributed by atoms with van der Waals surface area (Å²) < 4.78 is 0. The first-order valence-corrected chi connectivity index (χ1v) is 3.91. The molecule has 14 heavy (non-hydrogen) atoms. The van der Waals surface area contributed by atoms with Gasteiger partial charge in [0.05, 0.1) is 10.3 Å². The van der Waals surface area contributed by atoms with E-state index >= 15 is 0 Å². The summed E-state index contributed by atoms with van der Waals surface area (Å²) in [6, 6.07) is 12.4. The Labute approximate surface area is 80.2 Å². The lowest BCUT2D eigenvalue weighted by Crippen LogP contribution is -1.88.